The van der Waals surface area contributed by atoms with Crippen molar-refractivity contribution >= 4 is 23.1 Å². The molecule has 2 aliphatic rings. The number of alkyl halides is 3. The molecule has 1 spiro atoms. The van der Waals surface area contributed by atoms with Crippen LogP contribution < -0.4 is 5.32 Å². The molecule has 1 fully saturated rings. The zero-order valence-corrected chi connectivity index (χ0v) is 15.8. The lowest BCUT2D eigenvalue weighted by Crippen LogP contribution is -2.48. The van der Waals surface area contributed by atoms with Gasteiger partial charge in [-0.3, -0.25) is 4.79 Å². The van der Waals surface area contributed by atoms with Crippen molar-refractivity contribution in [1.82, 2.24) is 5.32 Å². The van der Waals surface area contributed by atoms with Crippen LogP contribution >= 0.6 is 11.6 Å². The van der Waals surface area contributed by atoms with Crippen molar-refractivity contribution < 1.29 is 27.8 Å². The first-order valence-corrected chi connectivity index (χ1v) is 9.12. The average molecular weight is 404 g/mol. The van der Waals surface area contributed by atoms with Gasteiger partial charge in [0.1, 0.15) is 12.4 Å². The van der Waals surface area contributed by atoms with Crippen LogP contribution in [-0.4, -0.2) is 35.4 Å². The Balaban J connectivity index is 1.83. The monoisotopic (exact) mass is 403 g/mol. The highest BCUT2D eigenvalue weighted by Crippen LogP contribution is 2.44. The summed E-state index contributed by atoms with van der Waals surface area (Å²) in [5, 5.41) is 14.1. The summed E-state index contributed by atoms with van der Waals surface area (Å²) in [7, 11) is 0. The second-order valence-electron chi connectivity index (χ2n) is 7.32. The summed E-state index contributed by atoms with van der Waals surface area (Å²) in [6.45, 7) is 2.41. The highest BCUT2D eigenvalue weighted by Gasteiger charge is 2.48. The Morgan fingerprint density at radius 1 is 1.30 bits per heavy atom. The number of hydrogen-bond acceptors (Lipinski definition) is 3. The second-order valence-corrected chi connectivity index (χ2v) is 7.73. The van der Waals surface area contributed by atoms with E-state index in [9.17, 15) is 23.1 Å². The van der Waals surface area contributed by atoms with E-state index in [1.807, 2.05) is 19.9 Å². The molecule has 1 amide bonds. The zero-order chi connectivity index (χ0) is 20.0. The van der Waals surface area contributed by atoms with Crippen LogP contribution in [0.2, 0.25) is 5.02 Å². The van der Waals surface area contributed by atoms with Gasteiger partial charge in [0.15, 0.2) is 0 Å². The van der Waals surface area contributed by atoms with Crippen LogP contribution in [0, 0.1) is 13.8 Å². The Hall–Kier alpha value is -1.73. The summed E-state index contributed by atoms with van der Waals surface area (Å²) in [4.78, 5) is 12.6. The van der Waals surface area contributed by atoms with Gasteiger partial charge in [-0.15, -0.1) is 0 Å². The van der Waals surface area contributed by atoms with E-state index in [2.05, 4.69) is 5.32 Å². The van der Waals surface area contributed by atoms with Gasteiger partial charge in [-0.2, -0.15) is 13.2 Å². The molecular weight excluding hydrogens is 383 g/mol. The van der Waals surface area contributed by atoms with Crippen LogP contribution in [0.4, 0.5) is 13.2 Å². The molecule has 4 nitrogen and oxygen atoms in total. The first-order chi connectivity index (χ1) is 12.5. The molecule has 0 aromatic heterocycles. The number of halogens is 4. The predicted octanol–water partition coefficient (Wildman–Crippen LogP) is 4.62. The third kappa shape index (κ3) is 3.94. The molecule has 0 atom stereocenters. The lowest BCUT2D eigenvalue weighted by Gasteiger charge is -2.37. The van der Waals surface area contributed by atoms with E-state index < -0.39 is 30.3 Å². The summed E-state index contributed by atoms with van der Waals surface area (Å²) in [6.07, 6.45) is -3.68. The van der Waals surface area contributed by atoms with Gasteiger partial charge < -0.3 is 15.2 Å². The van der Waals surface area contributed by atoms with Crippen molar-refractivity contribution in [3.8, 4) is 0 Å². The van der Waals surface area contributed by atoms with E-state index in [1.165, 1.54) is 0 Å². The van der Waals surface area contributed by atoms with Crippen molar-refractivity contribution in [2.75, 3.05) is 6.61 Å². The SMILES string of the molecule is Cc1cc(C)c(C2=C(O)C3(CCC(OCC(F)(F)F)CC3)NC2=O)c(Cl)c1. The number of ether oxygens (including phenoxy) is 1. The molecule has 0 saturated heterocycles. The lowest BCUT2D eigenvalue weighted by molar-refractivity contribution is -0.188. The van der Waals surface area contributed by atoms with Crippen LogP contribution in [-0.2, 0) is 9.53 Å². The van der Waals surface area contributed by atoms with Crippen LogP contribution in [0.5, 0.6) is 0 Å². The maximum atomic E-state index is 12.6. The van der Waals surface area contributed by atoms with E-state index in [4.69, 9.17) is 16.3 Å². The molecule has 1 aliphatic carbocycles. The molecule has 0 bridgehead atoms. The Labute approximate surface area is 160 Å². The van der Waals surface area contributed by atoms with E-state index >= 15 is 0 Å². The van der Waals surface area contributed by atoms with Gasteiger partial charge in [0, 0.05) is 10.6 Å². The third-order valence-electron chi connectivity index (χ3n) is 5.22. The topological polar surface area (TPSA) is 58.6 Å². The molecule has 27 heavy (non-hydrogen) atoms. The summed E-state index contributed by atoms with van der Waals surface area (Å²) in [5.74, 6) is -0.508. The van der Waals surface area contributed by atoms with Gasteiger partial charge in [0.05, 0.1) is 17.2 Å². The third-order valence-corrected chi connectivity index (χ3v) is 5.52. The molecule has 1 aromatic rings. The summed E-state index contributed by atoms with van der Waals surface area (Å²) in [6, 6.07) is 3.60. The van der Waals surface area contributed by atoms with Gasteiger partial charge in [-0.05, 0) is 56.7 Å². The smallest absolute Gasteiger partial charge is 0.411 e. The van der Waals surface area contributed by atoms with Gasteiger partial charge >= 0.3 is 6.18 Å². The molecule has 148 valence electrons. The summed E-state index contributed by atoms with van der Waals surface area (Å²) in [5.41, 5.74) is 1.38. The quantitative estimate of drug-likeness (QED) is 0.774. The maximum Gasteiger partial charge on any atom is 0.411 e. The predicted molar refractivity (Wildman–Crippen MR) is 95.6 cm³/mol. The fourth-order valence-electron chi connectivity index (χ4n) is 3.98. The van der Waals surface area contributed by atoms with Crippen molar-refractivity contribution in [1.29, 1.82) is 0 Å². The van der Waals surface area contributed by atoms with Gasteiger partial charge in [0.25, 0.3) is 5.91 Å². The van der Waals surface area contributed by atoms with E-state index in [1.54, 1.807) is 6.07 Å². The Bertz CT molecular complexity index is 773. The number of aryl methyl sites for hydroxylation is 2. The molecule has 3 rings (SSSR count). The number of nitrogens with one attached hydrogen (secondary N) is 1. The van der Waals surface area contributed by atoms with Crippen LogP contribution in [0.3, 0.4) is 0 Å². The number of carbonyl (C=O) groups excluding carboxylic acids is 1. The molecule has 2 N–H and O–H groups in total. The Morgan fingerprint density at radius 3 is 2.48 bits per heavy atom. The van der Waals surface area contributed by atoms with Crippen LogP contribution in [0.1, 0.15) is 42.4 Å². The lowest BCUT2D eigenvalue weighted by atomic mass is 9.79. The highest BCUT2D eigenvalue weighted by molar-refractivity contribution is 6.36. The molecule has 1 heterocycles. The number of aliphatic hydroxyl groups is 1. The number of hydrogen-bond donors (Lipinski definition) is 2. The number of aliphatic hydroxyl groups excluding tert-OH is 1. The fraction of sp³-hybridized carbons (Fsp3) is 0.526. The zero-order valence-electron chi connectivity index (χ0n) is 15.0. The molecule has 1 saturated carbocycles. The Morgan fingerprint density at radius 2 is 1.93 bits per heavy atom. The Kier molecular flexibility index (Phi) is 5.20. The molecule has 1 aromatic carbocycles. The van der Waals surface area contributed by atoms with E-state index in [0.717, 1.165) is 11.1 Å². The summed E-state index contributed by atoms with van der Waals surface area (Å²) >= 11 is 6.33. The second kappa shape index (κ2) is 7.02. The first kappa shape index (κ1) is 20.0. The largest absolute Gasteiger partial charge is 0.509 e. The molecular formula is C19H21ClF3NO3. The summed E-state index contributed by atoms with van der Waals surface area (Å²) < 4.78 is 41.9. The van der Waals surface area contributed by atoms with E-state index in [0.29, 0.717) is 36.3 Å². The van der Waals surface area contributed by atoms with Crippen LogP contribution in [0.25, 0.3) is 5.57 Å². The van der Waals surface area contributed by atoms with Crippen molar-refractivity contribution in [3.05, 3.63) is 39.6 Å². The van der Waals surface area contributed by atoms with Crippen molar-refractivity contribution in [3.63, 3.8) is 0 Å². The molecule has 0 unspecified atom stereocenters. The van der Waals surface area contributed by atoms with E-state index in [-0.39, 0.29) is 11.3 Å². The van der Waals surface area contributed by atoms with Crippen molar-refractivity contribution in [2.45, 2.75) is 57.3 Å². The molecule has 8 heteroatoms. The first-order valence-electron chi connectivity index (χ1n) is 8.74. The molecule has 0 radical (unpaired) electrons. The number of amides is 1. The standard InChI is InChI=1S/C19H21ClF3NO3/c1-10-7-11(2)14(13(20)8-10)15-16(25)18(24-17(15)26)5-3-12(4-6-18)27-9-19(21,22)23/h7-8,12,25H,3-6,9H2,1-2H3,(H,24,26). The minimum atomic E-state index is -4.37. The maximum absolute atomic E-state index is 12.6. The average Bonchev–Trinajstić information content (AvgIpc) is 2.77. The van der Waals surface area contributed by atoms with Gasteiger partial charge in [-0.25, -0.2) is 0 Å². The normalized spacial score (nSPS) is 26.0. The van der Waals surface area contributed by atoms with Crippen LogP contribution in [0.15, 0.2) is 17.9 Å². The number of rotatable bonds is 3. The number of carbonyl (C=O) groups is 1. The van der Waals surface area contributed by atoms with Crippen molar-refractivity contribution in [2.24, 2.45) is 0 Å². The minimum Gasteiger partial charge on any atom is -0.509 e. The highest BCUT2D eigenvalue weighted by atomic mass is 35.5. The van der Waals surface area contributed by atoms with Gasteiger partial charge in [0.2, 0.25) is 0 Å². The number of benzene rings is 1. The fourth-order valence-corrected chi connectivity index (χ4v) is 4.39. The minimum absolute atomic E-state index is 0.0874. The van der Waals surface area contributed by atoms with Gasteiger partial charge in [-0.1, -0.05) is 17.7 Å². The molecule has 1 aliphatic heterocycles.